The number of benzene rings is 1. The summed E-state index contributed by atoms with van der Waals surface area (Å²) in [5.74, 6) is 0.263. The van der Waals surface area contributed by atoms with E-state index in [9.17, 15) is 14.4 Å². The molecule has 3 aliphatic rings. The first kappa shape index (κ1) is 18.5. The average Bonchev–Trinajstić information content (AvgIpc) is 2.84. The predicted octanol–water partition coefficient (Wildman–Crippen LogP) is 1.89. The van der Waals surface area contributed by atoms with Gasteiger partial charge in [0, 0.05) is 38.6 Å². The summed E-state index contributed by atoms with van der Waals surface area (Å²) in [6.45, 7) is 2.76. The van der Waals surface area contributed by atoms with Crippen LogP contribution in [0.25, 0.3) is 11.0 Å². The molecule has 0 N–H and O–H groups in total. The second-order valence-corrected chi connectivity index (χ2v) is 7.97. The number of carbonyl (C=O) groups excluding carboxylic acids is 3. The maximum atomic E-state index is 13.3. The van der Waals surface area contributed by atoms with Crippen LogP contribution in [0.1, 0.15) is 29.0 Å². The maximum Gasteiger partial charge on any atom is 0.257 e. The molecule has 28 heavy (non-hydrogen) atoms. The molecule has 0 unspecified atom stereocenters. The van der Waals surface area contributed by atoms with E-state index in [0.717, 1.165) is 24.0 Å². The normalized spacial score (nSPS) is 21.9. The van der Waals surface area contributed by atoms with E-state index < -0.39 is 0 Å². The van der Waals surface area contributed by atoms with Gasteiger partial charge in [0.1, 0.15) is 17.9 Å². The summed E-state index contributed by atoms with van der Waals surface area (Å²) in [7, 11) is 3.37. The van der Waals surface area contributed by atoms with E-state index in [1.54, 1.807) is 30.0 Å². The number of furan rings is 1. The molecule has 0 spiro atoms. The van der Waals surface area contributed by atoms with Crippen LogP contribution < -0.4 is 0 Å². The molecule has 4 heterocycles. The third-order valence-electron chi connectivity index (χ3n) is 5.78. The number of piperidine rings is 1. The molecule has 2 atom stereocenters. The van der Waals surface area contributed by atoms with E-state index >= 15 is 0 Å². The van der Waals surface area contributed by atoms with E-state index in [1.165, 1.54) is 4.90 Å². The Balaban J connectivity index is 1.61. The molecule has 2 aromatic rings. The molecule has 1 aromatic heterocycles. The molecule has 7 nitrogen and oxygen atoms in total. The van der Waals surface area contributed by atoms with E-state index in [2.05, 4.69) is 0 Å². The van der Waals surface area contributed by atoms with Crippen molar-refractivity contribution in [1.82, 2.24) is 14.7 Å². The van der Waals surface area contributed by atoms with Crippen molar-refractivity contribution >= 4 is 28.7 Å². The number of amides is 3. The van der Waals surface area contributed by atoms with E-state index in [1.807, 2.05) is 25.1 Å². The molecule has 3 fully saturated rings. The lowest BCUT2D eigenvalue weighted by molar-refractivity contribution is -0.145. The van der Waals surface area contributed by atoms with Gasteiger partial charge in [0.15, 0.2) is 0 Å². The average molecular weight is 383 g/mol. The summed E-state index contributed by atoms with van der Waals surface area (Å²) in [5.41, 5.74) is 1.11. The quantitative estimate of drug-likeness (QED) is 0.811. The number of likely N-dealkylation sites (N-methyl/N-ethyl adjacent to an activating group) is 1. The molecule has 0 aliphatic carbocycles. The third-order valence-corrected chi connectivity index (χ3v) is 5.78. The zero-order valence-electron chi connectivity index (χ0n) is 16.5. The van der Waals surface area contributed by atoms with Gasteiger partial charge < -0.3 is 19.1 Å². The van der Waals surface area contributed by atoms with Gasteiger partial charge in [-0.1, -0.05) is 12.1 Å². The van der Waals surface area contributed by atoms with Crippen LogP contribution in [-0.4, -0.2) is 72.2 Å². The molecule has 3 saturated heterocycles. The summed E-state index contributed by atoms with van der Waals surface area (Å²) >= 11 is 0. The lowest BCUT2D eigenvalue weighted by Crippen LogP contribution is -2.51. The molecule has 7 heteroatoms. The maximum absolute atomic E-state index is 13.3. The number of rotatable bonds is 3. The Morgan fingerprint density at radius 3 is 2.75 bits per heavy atom. The van der Waals surface area contributed by atoms with Gasteiger partial charge in [-0.05, 0) is 31.9 Å². The van der Waals surface area contributed by atoms with Crippen molar-refractivity contribution in [1.29, 1.82) is 0 Å². The van der Waals surface area contributed by atoms with Gasteiger partial charge in [0.05, 0.1) is 11.5 Å². The molecule has 0 saturated carbocycles. The molecule has 5 rings (SSSR count). The topological polar surface area (TPSA) is 74.1 Å². The number of nitrogens with zero attached hydrogens (tertiary/aromatic N) is 3. The minimum atomic E-state index is -0.254. The Morgan fingerprint density at radius 2 is 2.00 bits per heavy atom. The van der Waals surface area contributed by atoms with Crippen LogP contribution in [0.2, 0.25) is 0 Å². The van der Waals surface area contributed by atoms with Crippen molar-refractivity contribution in [3.8, 4) is 0 Å². The fourth-order valence-electron chi connectivity index (χ4n) is 4.23. The van der Waals surface area contributed by atoms with Gasteiger partial charge in [-0.3, -0.25) is 14.4 Å². The zero-order chi connectivity index (χ0) is 20.0. The smallest absolute Gasteiger partial charge is 0.257 e. The summed E-state index contributed by atoms with van der Waals surface area (Å²) in [4.78, 5) is 43.3. The van der Waals surface area contributed by atoms with Gasteiger partial charge in [-0.25, -0.2) is 0 Å². The van der Waals surface area contributed by atoms with Crippen molar-refractivity contribution < 1.29 is 18.8 Å². The summed E-state index contributed by atoms with van der Waals surface area (Å²) in [6, 6.07) is 7.33. The number of carbonyl (C=O) groups is 3. The van der Waals surface area contributed by atoms with Crippen LogP contribution in [0.5, 0.6) is 0 Å². The van der Waals surface area contributed by atoms with Gasteiger partial charge in [0.2, 0.25) is 11.8 Å². The Hall–Kier alpha value is -2.83. The number of para-hydroxylation sites is 1. The summed E-state index contributed by atoms with van der Waals surface area (Å²) in [5, 5.41) is 0.899. The zero-order valence-corrected chi connectivity index (χ0v) is 16.5. The van der Waals surface area contributed by atoms with Crippen molar-refractivity contribution in [3.05, 3.63) is 35.6 Å². The lowest BCUT2D eigenvalue weighted by Gasteiger charge is -2.35. The first-order valence-electron chi connectivity index (χ1n) is 9.64. The molecule has 1 aromatic carbocycles. The van der Waals surface area contributed by atoms with Crippen molar-refractivity contribution in [3.63, 3.8) is 0 Å². The largest absolute Gasteiger partial charge is 0.461 e. The Bertz CT molecular complexity index is 948. The molecule has 2 bridgehead atoms. The molecular formula is C21H25N3O4. The fraction of sp³-hybridized carbons (Fsp3) is 0.476. The van der Waals surface area contributed by atoms with Gasteiger partial charge in [0.25, 0.3) is 5.91 Å². The van der Waals surface area contributed by atoms with Crippen LogP contribution >= 0.6 is 0 Å². The first-order valence-corrected chi connectivity index (χ1v) is 9.64. The second-order valence-electron chi connectivity index (χ2n) is 7.97. The highest BCUT2D eigenvalue weighted by molar-refractivity contribution is 6.05. The lowest BCUT2D eigenvalue weighted by atomic mass is 9.94. The van der Waals surface area contributed by atoms with Crippen molar-refractivity contribution in [2.75, 3.05) is 33.7 Å². The molecule has 0 radical (unpaired) electrons. The SMILES string of the molecule is Cc1cc2cccc(C(=O)N3C[C@@H]4CC[C@H](C3)N(CC(=O)N(C)C)C4=O)c2o1. The molecule has 148 valence electrons. The number of fused-ring (bicyclic) bond motifs is 5. The highest BCUT2D eigenvalue weighted by Gasteiger charge is 2.43. The van der Waals surface area contributed by atoms with E-state index in [-0.39, 0.29) is 36.2 Å². The van der Waals surface area contributed by atoms with Crippen LogP contribution in [0.15, 0.2) is 28.7 Å². The number of hydrogen-bond donors (Lipinski definition) is 0. The monoisotopic (exact) mass is 383 g/mol. The number of hydrogen-bond acceptors (Lipinski definition) is 4. The van der Waals surface area contributed by atoms with Gasteiger partial charge >= 0.3 is 0 Å². The van der Waals surface area contributed by atoms with Crippen LogP contribution in [0, 0.1) is 12.8 Å². The van der Waals surface area contributed by atoms with Crippen LogP contribution in [0.4, 0.5) is 0 Å². The minimum absolute atomic E-state index is 0.0196. The molecule has 3 amide bonds. The Kier molecular flexibility index (Phi) is 4.61. The van der Waals surface area contributed by atoms with Crippen LogP contribution in [-0.2, 0) is 9.59 Å². The van der Waals surface area contributed by atoms with Crippen molar-refractivity contribution in [2.45, 2.75) is 25.8 Å². The molecular weight excluding hydrogens is 358 g/mol. The predicted molar refractivity (Wildman–Crippen MR) is 104 cm³/mol. The minimum Gasteiger partial charge on any atom is -0.461 e. The van der Waals surface area contributed by atoms with Crippen LogP contribution in [0.3, 0.4) is 0 Å². The fourth-order valence-corrected chi connectivity index (χ4v) is 4.23. The highest BCUT2D eigenvalue weighted by atomic mass is 16.3. The Labute approximate surface area is 163 Å². The van der Waals surface area contributed by atoms with E-state index in [4.69, 9.17) is 4.42 Å². The second kappa shape index (κ2) is 6.96. The van der Waals surface area contributed by atoms with Crippen molar-refractivity contribution in [2.24, 2.45) is 5.92 Å². The van der Waals surface area contributed by atoms with Gasteiger partial charge in [-0.15, -0.1) is 0 Å². The number of aryl methyl sites for hydroxylation is 1. The summed E-state index contributed by atoms with van der Waals surface area (Å²) in [6.07, 6.45) is 1.56. The summed E-state index contributed by atoms with van der Waals surface area (Å²) < 4.78 is 5.76. The van der Waals surface area contributed by atoms with Gasteiger partial charge in [-0.2, -0.15) is 0 Å². The Morgan fingerprint density at radius 1 is 1.21 bits per heavy atom. The highest BCUT2D eigenvalue weighted by Crippen LogP contribution is 2.31. The first-order chi connectivity index (χ1) is 13.3. The van der Waals surface area contributed by atoms with E-state index in [0.29, 0.717) is 24.2 Å². The molecule has 3 aliphatic heterocycles. The third kappa shape index (κ3) is 3.15. The standard InChI is InChI=1S/C21H25N3O4/c1-13-9-14-5-4-6-17(19(14)28-13)21(27)23-10-15-7-8-16(11-23)24(20(15)26)12-18(25)22(2)3/h4-6,9,15-16H,7-8,10-12H2,1-3H3/t15-,16+/m0/s1.